The Hall–Kier alpha value is -1.60. The molecule has 0 N–H and O–H groups in total. The molecule has 0 saturated carbocycles. The van der Waals surface area contributed by atoms with E-state index in [4.69, 9.17) is 21.6 Å². The zero-order valence-electron chi connectivity index (χ0n) is 7.88. The largest absolute Gasteiger partial charge is 0.496 e. The molecule has 0 aromatic heterocycles. The number of nitrogens with zero attached hydrogens (tertiary/aromatic N) is 1. The SMILES string of the molecule is COc1ccc(F)c(C#N)c1C(=O)CCl. The first-order valence-corrected chi connectivity index (χ1v) is 4.55. The van der Waals surface area contributed by atoms with E-state index in [1.54, 1.807) is 6.07 Å². The minimum atomic E-state index is -0.758. The fourth-order valence-electron chi connectivity index (χ4n) is 1.18. The molecule has 0 aliphatic rings. The normalized spacial score (nSPS) is 9.47. The van der Waals surface area contributed by atoms with Gasteiger partial charge < -0.3 is 4.74 Å². The lowest BCUT2D eigenvalue weighted by Crippen LogP contribution is -2.08. The van der Waals surface area contributed by atoms with E-state index < -0.39 is 11.6 Å². The maximum absolute atomic E-state index is 13.2. The first-order chi connectivity index (χ1) is 7.15. The number of alkyl halides is 1. The van der Waals surface area contributed by atoms with Gasteiger partial charge in [-0.1, -0.05) is 0 Å². The summed E-state index contributed by atoms with van der Waals surface area (Å²) >= 11 is 5.36. The van der Waals surface area contributed by atoms with E-state index >= 15 is 0 Å². The third-order valence-electron chi connectivity index (χ3n) is 1.85. The molecule has 0 aliphatic carbocycles. The smallest absolute Gasteiger partial charge is 0.182 e. The quantitative estimate of drug-likeness (QED) is 0.587. The Bertz CT molecular complexity index is 440. The second-order valence-corrected chi connectivity index (χ2v) is 2.94. The van der Waals surface area contributed by atoms with Gasteiger partial charge in [-0.15, -0.1) is 11.6 Å². The number of hydrogen-bond donors (Lipinski definition) is 0. The molecule has 0 spiro atoms. The molecule has 1 aromatic carbocycles. The van der Waals surface area contributed by atoms with Crippen LogP contribution in [0, 0.1) is 17.1 Å². The summed E-state index contributed by atoms with van der Waals surface area (Å²) in [7, 11) is 1.33. The van der Waals surface area contributed by atoms with Crippen molar-refractivity contribution in [1.29, 1.82) is 5.26 Å². The highest BCUT2D eigenvalue weighted by molar-refractivity contribution is 6.31. The third-order valence-corrected chi connectivity index (χ3v) is 2.09. The third kappa shape index (κ3) is 2.08. The van der Waals surface area contributed by atoms with Crippen molar-refractivity contribution in [2.24, 2.45) is 0 Å². The van der Waals surface area contributed by atoms with Gasteiger partial charge in [-0.3, -0.25) is 4.79 Å². The molecule has 1 aromatic rings. The second-order valence-electron chi connectivity index (χ2n) is 2.67. The first-order valence-electron chi connectivity index (χ1n) is 4.01. The number of ether oxygens (including phenoxy) is 1. The molecule has 0 aliphatic heterocycles. The Kier molecular flexibility index (Phi) is 3.64. The van der Waals surface area contributed by atoms with Crippen LogP contribution in [0.4, 0.5) is 4.39 Å². The van der Waals surface area contributed by atoms with Gasteiger partial charge in [0.25, 0.3) is 0 Å². The molecule has 5 heteroatoms. The standard InChI is InChI=1S/C10H7ClFNO2/c1-15-9-3-2-7(12)6(5-13)10(9)8(14)4-11/h2-3H,4H2,1H3. The summed E-state index contributed by atoms with van der Waals surface area (Å²) in [6.45, 7) is 0. The van der Waals surface area contributed by atoms with Crippen molar-refractivity contribution in [3.63, 3.8) is 0 Å². The minimum absolute atomic E-state index is 0.102. The Morgan fingerprint density at radius 1 is 1.67 bits per heavy atom. The van der Waals surface area contributed by atoms with Crippen molar-refractivity contribution in [2.45, 2.75) is 0 Å². The molecule has 0 heterocycles. The summed E-state index contributed by atoms with van der Waals surface area (Å²) in [5, 5.41) is 8.72. The van der Waals surface area contributed by atoms with Gasteiger partial charge in [-0.2, -0.15) is 5.26 Å². The number of Topliss-reactive ketones (excluding diaryl/α,β-unsaturated/α-hetero) is 1. The molecule has 0 atom stereocenters. The summed E-state index contributed by atoms with van der Waals surface area (Å²) in [6.07, 6.45) is 0. The van der Waals surface area contributed by atoms with E-state index in [1.807, 2.05) is 0 Å². The van der Waals surface area contributed by atoms with Crippen LogP contribution in [-0.2, 0) is 0 Å². The van der Waals surface area contributed by atoms with Crippen LogP contribution in [0.15, 0.2) is 12.1 Å². The molecule has 15 heavy (non-hydrogen) atoms. The average Bonchev–Trinajstić information content (AvgIpc) is 2.27. The van der Waals surface area contributed by atoms with Crippen molar-refractivity contribution in [1.82, 2.24) is 0 Å². The first kappa shape index (κ1) is 11.5. The number of benzene rings is 1. The van der Waals surface area contributed by atoms with E-state index in [0.717, 1.165) is 6.07 Å². The van der Waals surface area contributed by atoms with Crippen LogP contribution in [-0.4, -0.2) is 18.8 Å². The molecule has 3 nitrogen and oxygen atoms in total. The summed E-state index contributed by atoms with van der Waals surface area (Å²) < 4.78 is 18.1. The zero-order valence-corrected chi connectivity index (χ0v) is 8.64. The number of halogens is 2. The molecule has 0 amide bonds. The Morgan fingerprint density at radius 2 is 2.33 bits per heavy atom. The van der Waals surface area contributed by atoms with Crippen molar-refractivity contribution in [3.05, 3.63) is 29.1 Å². The predicted octanol–water partition coefficient (Wildman–Crippen LogP) is 2.13. The molecule has 1 rings (SSSR count). The number of methoxy groups -OCH3 is 1. The van der Waals surface area contributed by atoms with Gasteiger partial charge in [0.2, 0.25) is 0 Å². The van der Waals surface area contributed by atoms with Crippen molar-refractivity contribution in [2.75, 3.05) is 13.0 Å². The number of carbonyl (C=O) groups is 1. The number of carbonyl (C=O) groups excluding carboxylic acids is 1. The fraction of sp³-hybridized carbons (Fsp3) is 0.200. The lowest BCUT2D eigenvalue weighted by molar-refractivity contribution is 0.101. The Balaban J connectivity index is 3.49. The minimum Gasteiger partial charge on any atom is -0.496 e. The zero-order chi connectivity index (χ0) is 11.4. The number of ketones is 1. The van der Waals surface area contributed by atoms with E-state index in [-0.39, 0.29) is 22.8 Å². The highest BCUT2D eigenvalue weighted by Crippen LogP contribution is 2.25. The van der Waals surface area contributed by atoms with Gasteiger partial charge in [-0.05, 0) is 12.1 Å². The molecular formula is C10H7ClFNO2. The van der Waals surface area contributed by atoms with Gasteiger partial charge >= 0.3 is 0 Å². The second kappa shape index (κ2) is 4.76. The molecule has 0 radical (unpaired) electrons. The topological polar surface area (TPSA) is 50.1 Å². The highest BCUT2D eigenvalue weighted by Gasteiger charge is 2.19. The molecule has 78 valence electrons. The monoisotopic (exact) mass is 227 g/mol. The van der Waals surface area contributed by atoms with Crippen molar-refractivity contribution in [3.8, 4) is 11.8 Å². The maximum Gasteiger partial charge on any atom is 0.182 e. The van der Waals surface area contributed by atoms with Crippen LogP contribution in [0.5, 0.6) is 5.75 Å². The van der Waals surface area contributed by atoms with E-state index in [2.05, 4.69) is 0 Å². The molecule has 0 fully saturated rings. The van der Waals surface area contributed by atoms with Crippen LogP contribution < -0.4 is 4.74 Å². The summed E-state index contributed by atoms with van der Waals surface area (Å²) in [4.78, 5) is 11.4. The van der Waals surface area contributed by atoms with Crippen molar-refractivity contribution >= 4 is 17.4 Å². The number of nitriles is 1. The van der Waals surface area contributed by atoms with Gasteiger partial charge in [0.1, 0.15) is 23.2 Å². The molecule has 0 saturated heterocycles. The molecule has 0 bridgehead atoms. The van der Waals surface area contributed by atoms with Crippen molar-refractivity contribution < 1.29 is 13.9 Å². The summed E-state index contributed by atoms with van der Waals surface area (Å²) in [6, 6.07) is 3.98. The van der Waals surface area contributed by atoms with Gasteiger partial charge in [0, 0.05) is 0 Å². The Labute approximate surface area is 91.0 Å². The van der Waals surface area contributed by atoms with Crippen LogP contribution >= 0.6 is 11.6 Å². The highest BCUT2D eigenvalue weighted by atomic mass is 35.5. The van der Waals surface area contributed by atoms with Gasteiger partial charge in [-0.25, -0.2) is 4.39 Å². The number of hydrogen-bond acceptors (Lipinski definition) is 3. The number of rotatable bonds is 3. The van der Waals surface area contributed by atoms with Gasteiger partial charge in [0.15, 0.2) is 5.78 Å². The van der Waals surface area contributed by atoms with Crippen LogP contribution in [0.1, 0.15) is 15.9 Å². The summed E-state index contributed by atoms with van der Waals surface area (Å²) in [5.74, 6) is -1.47. The van der Waals surface area contributed by atoms with Crippen LogP contribution in [0.3, 0.4) is 0 Å². The Morgan fingerprint density at radius 3 is 2.80 bits per heavy atom. The predicted molar refractivity (Wildman–Crippen MR) is 52.7 cm³/mol. The van der Waals surface area contributed by atoms with E-state index in [9.17, 15) is 9.18 Å². The van der Waals surface area contributed by atoms with E-state index in [1.165, 1.54) is 13.2 Å². The average molecular weight is 228 g/mol. The fourth-order valence-corrected chi connectivity index (χ4v) is 1.31. The van der Waals surface area contributed by atoms with Crippen LogP contribution in [0.2, 0.25) is 0 Å². The maximum atomic E-state index is 13.2. The lowest BCUT2D eigenvalue weighted by atomic mass is 10.0. The van der Waals surface area contributed by atoms with Gasteiger partial charge in [0.05, 0.1) is 18.6 Å². The van der Waals surface area contributed by atoms with Crippen LogP contribution in [0.25, 0.3) is 0 Å². The lowest BCUT2D eigenvalue weighted by Gasteiger charge is -2.08. The summed E-state index contributed by atoms with van der Waals surface area (Å²) in [5.41, 5.74) is -0.435. The van der Waals surface area contributed by atoms with E-state index in [0.29, 0.717) is 0 Å². The molecular weight excluding hydrogens is 221 g/mol. The molecule has 0 unspecified atom stereocenters.